The summed E-state index contributed by atoms with van der Waals surface area (Å²) in [6, 6.07) is 5.08. The summed E-state index contributed by atoms with van der Waals surface area (Å²) in [5.41, 5.74) is 9.14. The van der Waals surface area contributed by atoms with Gasteiger partial charge in [-0.2, -0.15) is 5.10 Å². The van der Waals surface area contributed by atoms with E-state index in [0.717, 1.165) is 11.3 Å². The number of rotatable bonds is 3. The summed E-state index contributed by atoms with van der Waals surface area (Å²) in [4.78, 5) is 12.0. The first-order chi connectivity index (χ1) is 9.40. The van der Waals surface area contributed by atoms with Crippen molar-refractivity contribution in [1.82, 2.24) is 9.78 Å². The highest BCUT2D eigenvalue weighted by Gasteiger charge is 2.14. The van der Waals surface area contributed by atoms with E-state index in [1.165, 1.54) is 0 Å². The number of nitrogen functional groups attached to an aromatic ring is 1. The minimum absolute atomic E-state index is 0.0884. The van der Waals surface area contributed by atoms with E-state index in [9.17, 15) is 4.79 Å². The van der Waals surface area contributed by atoms with Gasteiger partial charge in [-0.3, -0.25) is 4.68 Å². The normalized spacial score (nSPS) is 10.6. The molecule has 0 saturated heterocycles. The molecule has 0 radical (unpaired) electrons. The van der Waals surface area contributed by atoms with Gasteiger partial charge in [-0.1, -0.05) is 17.7 Å². The number of ether oxygens (including phenoxy) is 1. The topological polar surface area (TPSA) is 70.1 Å². The summed E-state index contributed by atoms with van der Waals surface area (Å²) >= 11 is 6.08. The Morgan fingerprint density at radius 3 is 2.70 bits per heavy atom. The van der Waals surface area contributed by atoms with Gasteiger partial charge in [0.1, 0.15) is 11.8 Å². The smallest absolute Gasteiger partial charge is 0.338 e. The van der Waals surface area contributed by atoms with Gasteiger partial charge in [0.05, 0.1) is 11.3 Å². The maximum atomic E-state index is 12.0. The number of hydrogen-bond acceptors (Lipinski definition) is 4. The van der Waals surface area contributed by atoms with E-state index < -0.39 is 5.97 Å². The molecule has 0 unspecified atom stereocenters. The highest BCUT2D eigenvalue weighted by Crippen LogP contribution is 2.20. The Bertz CT molecular complexity index is 665. The second-order valence-electron chi connectivity index (χ2n) is 4.63. The van der Waals surface area contributed by atoms with Gasteiger partial charge >= 0.3 is 5.97 Å². The van der Waals surface area contributed by atoms with Crippen molar-refractivity contribution in [1.29, 1.82) is 0 Å². The first-order valence-electron chi connectivity index (χ1n) is 6.11. The number of anilines is 1. The first-order valence-corrected chi connectivity index (χ1v) is 6.49. The number of carbonyl (C=O) groups excluding carboxylic acids is 1. The second-order valence-corrected chi connectivity index (χ2v) is 4.98. The average molecular weight is 294 g/mol. The quantitative estimate of drug-likeness (QED) is 0.697. The molecule has 0 aliphatic rings. The Morgan fingerprint density at radius 2 is 2.15 bits per heavy atom. The lowest BCUT2D eigenvalue weighted by Gasteiger charge is -2.06. The zero-order chi connectivity index (χ0) is 14.9. The minimum Gasteiger partial charge on any atom is -0.457 e. The number of aromatic nitrogens is 2. The number of aryl methyl sites for hydroxylation is 3. The van der Waals surface area contributed by atoms with E-state index in [2.05, 4.69) is 5.10 Å². The maximum absolute atomic E-state index is 12.0. The van der Waals surface area contributed by atoms with Crippen molar-refractivity contribution in [2.75, 3.05) is 5.73 Å². The van der Waals surface area contributed by atoms with Crippen LogP contribution in [-0.2, 0) is 18.4 Å². The predicted molar refractivity (Wildman–Crippen MR) is 77.7 cm³/mol. The van der Waals surface area contributed by atoms with Crippen LogP contribution in [0.3, 0.4) is 0 Å². The van der Waals surface area contributed by atoms with Gasteiger partial charge in [-0.25, -0.2) is 4.79 Å². The van der Waals surface area contributed by atoms with Crippen LogP contribution < -0.4 is 5.73 Å². The largest absolute Gasteiger partial charge is 0.457 e. The number of halogens is 1. The fraction of sp³-hybridized carbons (Fsp3) is 0.286. The molecule has 1 aromatic carbocycles. The lowest BCUT2D eigenvalue weighted by atomic mass is 10.1. The highest BCUT2D eigenvalue weighted by molar-refractivity contribution is 6.30. The van der Waals surface area contributed by atoms with Crippen molar-refractivity contribution in [3.8, 4) is 0 Å². The fourth-order valence-corrected chi connectivity index (χ4v) is 2.06. The standard InChI is InChI=1S/C14H16ClN3O2/c1-8-4-5-10(6-12(8)16)14(19)20-7-11-9(2)17-18(3)13(11)15/h4-6H,7,16H2,1-3H3. The van der Waals surface area contributed by atoms with Gasteiger partial charge in [0.15, 0.2) is 0 Å². The number of nitrogens with zero attached hydrogens (tertiary/aromatic N) is 2. The molecule has 2 N–H and O–H groups in total. The van der Waals surface area contributed by atoms with E-state index in [1.807, 2.05) is 13.8 Å². The van der Waals surface area contributed by atoms with Crippen LogP contribution in [0, 0.1) is 13.8 Å². The lowest BCUT2D eigenvalue weighted by molar-refractivity contribution is 0.0472. The van der Waals surface area contributed by atoms with Crippen LogP contribution in [0.4, 0.5) is 5.69 Å². The highest BCUT2D eigenvalue weighted by atomic mass is 35.5. The van der Waals surface area contributed by atoms with Crippen LogP contribution in [0.15, 0.2) is 18.2 Å². The summed E-state index contributed by atoms with van der Waals surface area (Å²) in [5.74, 6) is -0.434. The lowest BCUT2D eigenvalue weighted by Crippen LogP contribution is -2.07. The van der Waals surface area contributed by atoms with Crippen LogP contribution in [0.5, 0.6) is 0 Å². The molecule has 0 atom stereocenters. The third-order valence-corrected chi connectivity index (χ3v) is 3.61. The van der Waals surface area contributed by atoms with Crippen molar-refractivity contribution in [3.05, 3.63) is 45.7 Å². The molecule has 0 aliphatic heterocycles. The molecule has 0 bridgehead atoms. The Kier molecular flexibility index (Phi) is 3.99. The monoisotopic (exact) mass is 293 g/mol. The summed E-state index contributed by atoms with van der Waals surface area (Å²) in [6.45, 7) is 3.78. The Hall–Kier alpha value is -2.01. The van der Waals surface area contributed by atoms with Crippen molar-refractivity contribution < 1.29 is 9.53 Å². The number of nitrogens with two attached hydrogens (primary N) is 1. The molecule has 20 heavy (non-hydrogen) atoms. The van der Waals surface area contributed by atoms with Crippen molar-refractivity contribution in [3.63, 3.8) is 0 Å². The average Bonchev–Trinajstić information content (AvgIpc) is 2.64. The first kappa shape index (κ1) is 14.4. The van der Waals surface area contributed by atoms with Gasteiger partial charge in [0, 0.05) is 18.3 Å². The zero-order valence-electron chi connectivity index (χ0n) is 11.6. The molecule has 2 aromatic rings. The van der Waals surface area contributed by atoms with E-state index in [0.29, 0.717) is 22.0 Å². The molecule has 0 fully saturated rings. The van der Waals surface area contributed by atoms with Crippen LogP contribution in [-0.4, -0.2) is 15.7 Å². The van der Waals surface area contributed by atoms with Gasteiger partial charge < -0.3 is 10.5 Å². The van der Waals surface area contributed by atoms with E-state index in [-0.39, 0.29) is 6.61 Å². The molecular formula is C14H16ClN3O2. The summed E-state index contributed by atoms with van der Waals surface area (Å²) < 4.78 is 6.80. The number of esters is 1. The Labute approximate surface area is 122 Å². The third-order valence-electron chi connectivity index (χ3n) is 3.13. The zero-order valence-corrected chi connectivity index (χ0v) is 12.4. The van der Waals surface area contributed by atoms with Crippen LogP contribution >= 0.6 is 11.6 Å². The van der Waals surface area contributed by atoms with Gasteiger partial charge in [-0.05, 0) is 31.5 Å². The van der Waals surface area contributed by atoms with Crippen LogP contribution in [0.1, 0.15) is 27.2 Å². The molecule has 6 heteroatoms. The molecule has 0 saturated carbocycles. The fourth-order valence-electron chi connectivity index (χ4n) is 1.83. The number of benzene rings is 1. The molecule has 1 heterocycles. The predicted octanol–water partition coefficient (Wildman–Crippen LogP) is 2.63. The molecule has 0 spiro atoms. The number of hydrogen-bond donors (Lipinski definition) is 1. The molecule has 0 amide bonds. The van der Waals surface area contributed by atoms with Crippen molar-refractivity contribution in [2.45, 2.75) is 20.5 Å². The summed E-state index contributed by atoms with van der Waals surface area (Å²) in [6.07, 6.45) is 0. The van der Waals surface area contributed by atoms with Crippen LogP contribution in [0.25, 0.3) is 0 Å². The minimum atomic E-state index is -0.434. The second kappa shape index (κ2) is 5.54. The van der Waals surface area contributed by atoms with Gasteiger partial charge in [-0.15, -0.1) is 0 Å². The molecular weight excluding hydrogens is 278 g/mol. The molecule has 0 aliphatic carbocycles. The molecule has 5 nitrogen and oxygen atoms in total. The Morgan fingerprint density at radius 1 is 1.45 bits per heavy atom. The number of carbonyl (C=O) groups is 1. The van der Waals surface area contributed by atoms with E-state index >= 15 is 0 Å². The van der Waals surface area contributed by atoms with Crippen molar-refractivity contribution >= 4 is 23.3 Å². The molecule has 1 aromatic heterocycles. The van der Waals surface area contributed by atoms with Gasteiger partial charge in [0.25, 0.3) is 0 Å². The molecule has 106 valence electrons. The van der Waals surface area contributed by atoms with Crippen LogP contribution in [0.2, 0.25) is 5.15 Å². The summed E-state index contributed by atoms with van der Waals surface area (Å²) in [7, 11) is 1.74. The summed E-state index contributed by atoms with van der Waals surface area (Å²) in [5, 5.41) is 4.63. The molecule has 2 rings (SSSR count). The maximum Gasteiger partial charge on any atom is 0.338 e. The van der Waals surface area contributed by atoms with Gasteiger partial charge in [0.2, 0.25) is 0 Å². The van der Waals surface area contributed by atoms with E-state index in [4.69, 9.17) is 22.1 Å². The SMILES string of the molecule is Cc1ccc(C(=O)OCc2c(C)nn(C)c2Cl)cc1N. The third kappa shape index (κ3) is 2.77. The van der Waals surface area contributed by atoms with E-state index in [1.54, 1.807) is 29.9 Å². The van der Waals surface area contributed by atoms with Crippen molar-refractivity contribution in [2.24, 2.45) is 7.05 Å². The Balaban J connectivity index is 2.10.